The largest absolute Gasteiger partial charge is 0.345 e. The van der Waals surface area contributed by atoms with E-state index in [1.165, 1.54) is 4.90 Å². The molecule has 1 aromatic rings. The summed E-state index contributed by atoms with van der Waals surface area (Å²) in [7, 11) is 3.40. The molecular formula is C15H22ClN3O2. The van der Waals surface area contributed by atoms with Crippen molar-refractivity contribution in [3.8, 4) is 0 Å². The lowest BCUT2D eigenvalue weighted by Crippen LogP contribution is -2.37. The zero-order chi connectivity index (χ0) is 14.5. The van der Waals surface area contributed by atoms with Crippen LogP contribution in [-0.4, -0.2) is 43.9 Å². The molecule has 0 aliphatic carbocycles. The summed E-state index contributed by atoms with van der Waals surface area (Å²) >= 11 is 0. The number of nitrogens with one attached hydrogen (secondary N) is 2. The molecule has 2 N–H and O–H groups in total. The second-order valence-corrected chi connectivity index (χ2v) is 5.28. The molecule has 2 amide bonds. The predicted molar refractivity (Wildman–Crippen MR) is 85.9 cm³/mol. The Balaban J connectivity index is 0.00000220. The fourth-order valence-electron chi connectivity index (χ4n) is 2.33. The van der Waals surface area contributed by atoms with Gasteiger partial charge in [-0.2, -0.15) is 0 Å². The molecule has 0 saturated carbocycles. The minimum Gasteiger partial charge on any atom is -0.345 e. The van der Waals surface area contributed by atoms with E-state index in [2.05, 4.69) is 10.6 Å². The minimum atomic E-state index is -0.109. The number of amides is 2. The predicted octanol–water partition coefficient (Wildman–Crippen LogP) is 1.75. The van der Waals surface area contributed by atoms with E-state index < -0.39 is 0 Å². The maximum atomic E-state index is 12.2. The number of carbonyl (C=O) groups excluding carboxylic acids is 2. The number of nitrogens with zero attached hydrogens (tertiary/aromatic N) is 1. The summed E-state index contributed by atoms with van der Waals surface area (Å²) in [5.74, 6) is -0.148. The average molecular weight is 312 g/mol. The van der Waals surface area contributed by atoms with Gasteiger partial charge in [0.05, 0.1) is 17.2 Å². The number of hydrogen-bond donors (Lipinski definition) is 2. The highest BCUT2D eigenvalue weighted by Crippen LogP contribution is 2.19. The fourth-order valence-corrected chi connectivity index (χ4v) is 2.33. The van der Waals surface area contributed by atoms with Crippen LogP contribution in [0.25, 0.3) is 0 Å². The third-order valence-corrected chi connectivity index (χ3v) is 3.49. The highest BCUT2D eigenvalue weighted by atomic mass is 35.5. The van der Waals surface area contributed by atoms with E-state index in [0.717, 1.165) is 19.4 Å². The van der Waals surface area contributed by atoms with E-state index in [4.69, 9.17) is 0 Å². The summed E-state index contributed by atoms with van der Waals surface area (Å²) in [6.07, 6.45) is 1.90. The second kappa shape index (κ2) is 8.00. The molecule has 1 heterocycles. The van der Waals surface area contributed by atoms with Gasteiger partial charge in [-0.1, -0.05) is 12.1 Å². The van der Waals surface area contributed by atoms with Crippen molar-refractivity contribution in [3.05, 3.63) is 29.8 Å². The molecule has 0 radical (unpaired) electrons. The third kappa shape index (κ3) is 4.44. The van der Waals surface area contributed by atoms with Gasteiger partial charge < -0.3 is 15.5 Å². The van der Waals surface area contributed by atoms with E-state index in [9.17, 15) is 9.59 Å². The van der Waals surface area contributed by atoms with Gasteiger partial charge in [-0.3, -0.25) is 9.59 Å². The lowest BCUT2D eigenvalue weighted by atomic mass is 9.98. The van der Waals surface area contributed by atoms with Crippen molar-refractivity contribution in [2.24, 2.45) is 5.92 Å². The Morgan fingerprint density at radius 3 is 2.62 bits per heavy atom. The van der Waals surface area contributed by atoms with Gasteiger partial charge in [-0.15, -0.1) is 12.4 Å². The Kier molecular flexibility index (Phi) is 6.65. The molecule has 2 rings (SSSR count). The molecule has 5 nitrogen and oxygen atoms in total. The number of para-hydroxylation sites is 1. The lowest BCUT2D eigenvalue weighted by molar-refractivity contribution is -0.120. The van der Waals surface area contributed by atoms with Gasteiger partial charge in [0.15, 0.2) is 0 Å². The molecule has 6 heteroatoms. The van der Waals surface area contributed by atoms with Crippen LogP contribution in [0.15, 0.2) is 24.3 Å². The van der Waals surface area contributed by atoms with Crippen LogP contribution in [0.5, 0.6) is 0 Å². The van der Waals surface area contributed by atoms with E-state index >= 15 is 0 Å². The molecule has 1 aliphatic heterocycles. The summed E-state index contributed by atoms with van der Waals surface area (Å²) in [6.45, 7) is 1.68. The van der Waals surface area contributed by atoms with Crippen LogP contribution in [0, 0.1) is 5.92 Å². The first kappa shape index (κ1) is 17.5. The van der Waals surface area contributed by atoms with E-state index in [0.29, 0.717) is 17.8 Å². The molecule has 0 aromatic heterocycles. The summed E-state index contributed by atoms with van der Waals surface area (Å²) in [6, 6.07) is 7.12. The SMILES string of the molecule is CN(C)C(=O)c1ccccc1NC(=O)C1CCCNC1.Cl. The van der Waals surface area contributed by atoms with Gasteiger partial charge in [0.2, 0.25) is 5.91 Å². The second-order valence-electron chi connectivity index (χ2n) is 5.28. The van der Waals surface area contributed by atoms with Crippen molar-refractivity contribution >= 4 is 29.9 Å². The number of hydrogen-bond acceptors (Lipinski definition) is 3. The van der Waals surface area contributed by atoms with E-state index in [1.54, 1.807) is 32.3 Å². The maximum Gasteiger partial charge on any atom is 0.255 e. The van der Waals surface area contributed by atoms with Crippen LogP contribution in [0.3, 0.4) is 0 Å². The number of benzene rings is 1. The zero-order valence-corrected chi connectivity index (χ0v) is 13.2. The molecule has 1 unspecified atom stereocenters. The normalized spacial score (nSPS) is 17.5. The summed E-state index contributed by atoms with van der Waals surface area (Å²) < 4.78 is 0. The van der Waals surface area contributed by atoms with Gasteiger partial charge in [0.25, 0.3) is 5.91 Å². The molecule has 116 valence electrons. The third-order valence-electron chi connectivity index (χ3n) is 3.49. The molecule has 1 fully saturated rings. The van der Waals surface area contributed by atoms with Crippen LogP contribution < -0.4 is 10.6 Å². The van der Waals surface area contributed by atoms with E-state index in [1.807, 2.05) is 6.07 Å². The Labute approximate surface area is 131 Å². The van der Waals surface area contributed by atoms with Gasteiger partial charge in [0.1, 0.15) is 0 Å². The fraction of sp³-hybridized carbons (Fsp3) is 0.467. The first-order chi connectivity index (χ1) is 9.59. The standard InChI is InChI=1S/C15H21N3O2.ClH/c1-18(2)15(20)12-7-3-4-8-13(12)17-14(19)11-6-5-9-16-10-11;/h3-4,7-8,11,16H,5-6,9-10H2,1-2H3,(H,17,19);1H. The Hall–Kier alpha value is -1.59. The summed E-state index contributed by atoms with van der Waals surface area (Å²) in [4.78, 5) is 25.8. The van der Waals surface area contributed by atoms with Crippen molar-refractivity contribution < 1.29 is 9.59 Å². The molecule has 1 saturated heterocycles. The summed E-state index contributed by atoms with van der Waals surface area (Å²) in [5.41, 5.74) is 1.11. The van der Waals surface area contributed by atoms with Crippen LogP contribution in [0.1, 0.15) is 23.2 Å². The minimum absolute atomic E-state index is 0. The smallest absolute Gasteiger partial charge is 0.255 e. The monoisotopic (exact) mass is 311 g/mol. The molecule has 1 aliphatic rings. The number of anilines is 1. The maximum absolute atomic E-state index is 12.2. The zero-order valence-electron chi connectivity index (χ0n) is 12.4. The first-order valence-corrected chi connectivity index (χ1v) is 6.92. The number of piperidine rings is 1. The lowest BCUT2D eigenvalue weighted by Gasteiger charge is -2.22. The molecule has 1 atom stereocenters. The van der Waals surface area contributed by atoms with Crippen molar-refractivity contribution in [3.63, 3.8) is 0 Å². The van der Waals surface area contributed by atoms with Crippen LogP contribution in [0.2, 0.25) is 0 Å². The van der Waals surface area contributed by atoms with Gasteiger partial charge in [-0.25, -0.2) is 0 Å². The Morgan fingerprint density at radius 1 is 1.29 bits per heavy atom. The Morgan fingerprint density at radius 2 is 2.00 bits per heavy atom. The quantitative estimate of drug-likeness (QED) is 0.894. The number of halogens is 1. The summed E-state index contributed by atoms with van der Waals surface area (Å²) in [5, 5.41) is 6.11. The van der Waals surface area contributed by atoms with Crippen LogP contribution >= 0.6 is 12.4 Å². The number of carbonyl (C=O) groups is 2. The molecular weight excluding hydrogens is 290 g/mol. The topological polar surface area (TPSA) is 61.4 Å². The average Bonchev–Trinajstić information content (AvgIpc) is 2.48. The van der Waals surface area contributed by atoms with Gasteiger partial charge >= 0.3 is 0 Å². The van der Waals surface area contributed by atoms with Gasteiger partial charge in [0, 0.05) is 20.6 Å². The molecule has 21 heavy (non-hydrogen) atoms. The van der Waals surface area contributed by atoms with Crippen LogP contribution in [0.4, 0.5) is 5.69 Å². The molecule has 1 aromatic carbocycles. The Bertz CT molecular complexity index is 499. The van der Waals surface area contributed by atoms with Crippen LogP contribution in [-0.2, 0) is 4.79 Å². The van der Waals surface area contributed by atoms with Crippen molar-refractivity contribution in [1.82, 2.24) is 10.2 Å². The highest BCUT2D eigenvalue weighted by molar-refractivity contribution is 6.04. The highest BCUT2D eigenvalue weighted by Gasteiger charge is 2.22. The first-order valence-electron chi connectivity index (χ1n) is 6.92. The number of rotatable bonds is 3. The van der Waals surface area contributed by atoms with Crippen molar-refractivity contribution in [2.75, 3.05) is 32.5 Å². The van der Waals surface area contributed by atoms with Crippen molar-refractivity contribution in [1.29, 1.82) is 0 Å². The van der Waals surface area contributed by atoms with E-state index in [-0.39, 0.29) is 30.1 Å². The van der Waals surface area contributed by atoms with Crippen molar-refractivity contribution in [2.45, 2.75) is 12.8 Å². The molecule has 0 bridgehead atoms. The van der Waals surface area contributed by atoms with Gasteiger partial charge in [-0.05, 0) is 31.5 Å². The molecule has 0 spiro atoms.